The molecule has 0 spiro atoms. The SMILES string of the molecule is O=C(Nc1ccc(N2CCNCC2)c([N+](=O)[O-])c1)c1cccc([N+](=O)[O-])c1. The molecule has 1 amide bonds. The van der Waals surface area contributed by atoms with E-state index in [2.05, 4.69) is 10.6 Å². The van der Waals surface area contributed by atoms with E-state index in [1.807, 2.05) is 4.90 Å². The molecule has 1 heterocycles. The number of nitro groups is 2. The van der Waals surface area contributed by atoms with Gasteiger partial charge in [-0.1, -0.05) is 6.07 Å². The third-order valence-corrected chi connectivity index (χ3v) is 4.21. The normalized spacial score (nSPS) is 13.9. The number of carbonyl (C=O) groups excluding carboxylic acids is 1. The lowest BCUT2D eigenvalue weighted by Crippen LogP contribution is -2.43. The maximum atomic E-state index is 12.3. The van der Waals surface area contributed by atoms with Gasteiger partial charge in [-0.3, -0.25) is 25.0 Å². The van der Waals surface area contributed by atoms with E-state index in [1.54, 1.807) is 12.1 Å². The van der Waals surface area contributed by atoms with Gasteiger partial charge in [0.05, 0.1) is 9.85 Å². The Labute approximate surface area is 154 Å². The number of nitrogens with one attached hydrogen (secondary N) is 2. The average molecular weight is 371 g/mol. The zero-order chi connectivity index (χ0) is 19.4. The van der Waals surface area contributed by atoms with E-state index in [0.717, 1.165) is 19.2 Å². The van der Waals surface area contributed by atoms with Crippen LogP contribution in [0.1, 0.15) is 10.4 Å². The highest BCUT2D eigenvalue weighted by Crippen LogP contribution is 2.31. The summed E-state index contributed by atoms with van der Waals surface area (Å²) >= 11 is 0. The van der Waals surface area contributed by atoms with Gasteiger partial charge < -0.3 is 15.5 Å². The maximum Gasteiger partial charge on any atom is 0.294 e. The molecular weight excluding hydrogens is 354 g/mol. The number of amides is 1. The van der Waals surface area contributed by atoms with Crippen molar-refractivity contribution in [1.29, 1.82) is 0 Å². The molecule has 27 heavy (non-hydrogen) atoms. The third-order valence-electron chi connectivity index (χ3n) is 4.21. The Bertz CT molecular complexity index is 895. The molecule has 3 rings (SSSR count). The minimum absolute atomic E-state index is 0.0954. The van der Waals surface area contributed by atoms with Crippen LogP contribution in [0, 0.1) is 20.2 Å². The van der Waals surface area contributed by atoms with E-state index in [-0.39, 0.29) is 22.6 Å². The van der Waals surface area contributed by atoms with Crippen molar-refractivity contribution in [2.24, 2.45) is 0 Å². The van der Waals surface area contributed by atoms with Gasteiger partial charge >= 0.3 is 0 Å². The zero-order valence-corrected chi connectivity index (χ0v) is 14.3. The Morgan fingerprint density at radius 2 is 1.78 bits per heavy atom. The van der Waals surface area contributed by atoms with Crippen LogP contribution in [0.3, 0.4) is 0 Å². The molecule has 1 aliphatic rings. The lowest BCUT2D eigenvalue weighted by Gasteiger charge is -2.29. The molecular formula is C17H17N5O5. The number of piperazine rings is 1. The van der Waals surface area contributed by atoms with Gasteiger partial charge in [0.25, 0.3) is 17.3 Å². The summed E-state index contributed by atoms with van der Waals surface area (Å²) in [6.45, 7) is 2.78. The van der Waals surface area contributed by atoms with Crippen LogP contribution in [0.15, 0.2) is 42.5 Å². The number of benzene rings is 2. The van der Waals surface area contributed by atoms with Crippen LogP contribution in [0.4, 0.5) is 22.7 Å². The smallest absolute Gasteiger partial charge is 0.294 e. The summed E-state index contributed by atoms with van der Waals surface area (Å²) in [5.74, 6) is -0.581. The van der Waals surface area contributed by atoms with Crippen LogP contribution in [-0.2, 0) is 0 Å². The van der Waals surface area contributed by atoms with Crippen LogP contribution < -0.4 is 15.5 Å². The molecule has 0 unspecified atom stereocenters. The summed E-state index contributed by atoms with van der Waals surface area (Å²) in [4.78, 5) is 35.5. The van der Waals surface area contributed by atoms with Crippen molar-refractivity contribution in [1.82, 2.24) is 5.32 Å². The standard InChI is InChI=1S/C17H17N5O5/c23-17(12-2-1-3-14(10-12)21(24)25)19-13-4-5-15(16(11-13)22(26)27)20-8-6-18-7-9-20/h1-5,10-11,18H,6-9H2,(H,19,23). The van der Waals surface area contributed by atoms with Crippen LogP contribution in [0.25, 0.3) is 0 Å². The first kappa shape index (κ1) is 18.3. The fourth-order valence-electron chi connectivity index (χ4n) is 2.88. The molecule has 2 aromatic carbocycles. The number of non-ortho nitro benzene ring substituents is 1. The van der Waals surface area contributed by atoms with E-state index in [0.29, 0.717) is 18.8 Å². The van der Waals surface area contributed by atoms with Gasteiger partial charge in [0.15, 0.2) is 0 Å². The average Bonchev–Trinajstić information content (AvgIpc) is 2.68. The van der Waals surface area contributed by atoms with Gasteiger partial charge in [-0.05, 0) is 18.2 Å². The van der Waals surface area contributed by atoms with Gasteiger partial charge in [0.1, 0.15) is 5.69 Å². The van der Waals surface area contributed by atoms with Crippen LogP contribution >= 0.6 is 0 Å². The summed E-state index contributed by atoms with van der Waals surface area (Å²) in [6.07, 6.45) is 0. The molecule has 1 saturated heterocycles. The highest BCUT2D eigenvalue weighted by molar-refractivity contribution is 6.05. The number of anilines is 2. The van der Waals surface area contributed by atoms with Gasteiger partial charge in [0, 0.05) is 55.6 Å². The van der Waals surface area contributed by atoms with E-state index in [4.69, 9.17) is 0 Å². The largest absolute Gasteiger partial charge is 0.363 e. The first-order chi connectivity index (χ1) is 13.0. The van der Waals surface area contributed by atoms with Crippen molar-refractivity contribution in [3.63, 3.8) is 0 Å². The maximum absolute atomic E-state index is 12.3. The second-order valence-corrected chi connectivity index (χ2v) is 5.96. The van der Waals surface area contributed by atoms with E-state index < -0.39 is 15.8 Å². The minimum atomic E-state index is -0.593. The van der Waals surface area contributed by atoms with E-state index in [1.165, 1.54) is 24.3 Å². The van der Waals surface area contributed by atoms with Gasteiger partial charge in [0.2, 0.25) is 0 Å². The fourth-order valence-corrected chi connectivity index (χ4v) is 2.88. The number of carbonyl (C=O) groups is 1. The lowest BCUT2D eigenvalue weighted by atomic mass is 10.1. The molecule has 140 valence electrons. The Balaban J connectivity index is 1.83. The van der Waals surface area contributed by atoms with Crippen molar-refractivity contribution < 1.29 is 14.6 Å². The third kappa shape index (κ3) is 4.18. The van der Waals surface area contributed by atoms with Crippen molar-refractivity contribution in [2.45, 2.75) is 0 Å². The number of rotatable bonds is 5. The Kier molecular flexibility index (Phi) is 5.27. The molecule has 0 atom stereocenters. The number of hydrogen-bond donors (Lipinski definition) is 2. The van der Waals surface area contributed by atoms with Crippen molar-refractivity contribution in [3.05, 3.63) is 68.3 Å². The molecule has 0 bridgehead atoms. The quantitative estimate of drug-likeness (QED) is 0.608. The molecule has 0 aromatic heterocycles. The molecule has 0 aliphatic carbocycles. The molecule has 2 N–H and O–H groups in total. The van der Waals surface area contributed by atoms with Gasteiger partial charge in [-0.15, -0.1) is 0 Å². The van der Waals surface area contributed by atoms with Gasteiger partial charge in [-0.25, -0.2) is 0 Å². The summed E-state index contributed by atoms with van der Waals surface area (Å²) < 4.78 is 0. The number of nitro benzene ring substituents is 2. The highest BCUT2D eigenvalue weighted by atomic mass is 16.6. The topological polar surface area (TPSA) is 131 Å². The second kappa shape index (κ2) is 7.79. The Morgan fingerprint density at radius 1 is 1.04 bits per heavy atom. The molecule has 0 radical (unpaired) electrons. The first-order valence-corrected chi connectivity index (χ1v) is 8.25. The number of hydrogen-bond acceptors (Lipinski definition) is 7. The molecule has 10 heteroatoms. The molecule has 2 aromatic rings. The van der Waals surface area contributed by atoms with Crippen molar-refractivity contribution in [3.8, 4) is 0 Å². The monoisotopic (exact) mass is 371 g/mol. The predicted octanol–water partition coefficient (Wildman–Crippen LogP) is 2.16. The molecule has 0 saturated carbocycles. The summed E-state index contributed by atoms with van der Waals surface area (Å²) in [6, 6.07) is 9.76. The van der Waals surface area contributed by atoms with Gasteiger partial charge in [-0.2, -0.15) is 0 Å². The van der Waals surface area contributed by atoms with Crippen LogP contribution in [0.2, 0.25) is 0 Å². The lowest BCUT2D eigenvalue weighted by molar-refractivity contribution is -0.384. The zero-order valence-electron chi connectivity index (χ0n) is 14.3. The summed E-state index contributed by atoms with van der Waals surface area (Å²) in [5, 5.41) is 28.0. The Hall–Kier alpha value is -3.53. The molecule has 1 aliphatic heterocycles. The summed E-state index contributed by atoms with van der Waals surface area (Å²) in [7, 11) is 0. The minimum Gasteiger partial charge on any atom is -0.363 e. The van der Waals surface area contributed by atoms with Crippen LogP contribution in [0.5, 0.6) is 0 Å². The van der Waals surface area contributed by atoms with Crippen LogP contribution in [-0.4, -0.2) is 41.9 Å². The number of nitrogens with zero attached hydrogens (tertiary/aromatic N) is 3. The first-order valence-electron chi connectivity index (χ1n) is 8.25. The second-order valence-electron chi connectivity index (χ2n) is 5.96. The fraction of sp³-hybridized carbons (Fsp3) is 0.235. The predicted molar refractivity (Wildman–Crippen MR) is 99.2 cm³/mol. The van der Waals surface area contributed by atoms with E-state index in [9.17, 15) is 25.0 Å². The van der Waals surface area contributed by atoms with Crippen molar-refractivity contribution >= 4 is 28.7 Å². The van der Waals surface area contributed by atoms with E-state index >= 15 is 0 Å². The summed E-state index contributed by atoms with van der Waals surface area (Å²) in [5.41, 5.74) is 0.529. The Morgan fingerprint density at radius 3 is 2.44 bits per heavy atom. The molecule has 1 fully saturated rings. The van der Waals surface area contributed by atoms with Crippen molar-refractivity contribution in [2.75, 3.05) is 36.4 Å². The highest BCUT2D eigenvalue weighted by Gasteiger charge is 2.22. The molecule has 10 nitrogen and oxygen atoms in total.